The third-order valence-electron chi connectivity index (χ3n) is 0.569. The SMILES string of the molecule is CC(C)C(N)=O.[KH]. The second kappa shape index (κ2) is 5.25. The summed E-state index contributed by atoms with van der Waals surface area (Å²) < 4.78 is 0. The number of hydrogen-bond donors (Lipinski definition) is 1. The number of rotatable bonds is 1. The molecule has 0 bridgehead atoms. The van der Waals surface area contributed by atoms with E-state index in [1.54, 1.807) is 13.8 Å². The van der Waals surface area contributed by atoms with Crippen molar-refractivity contribution in [3.05, 3.63) is 0 Å². The van der Waals surface area contributed by atoms with Gasteiger partial charge in [-0.15, -0.1) is 0 Å². The van der Waals surface area contributed by atoms with Crippen molar-refractivity contribution < 1.29 is 4.79 Å². The molecule has 0 aromatic rings. The van der Waals surface area contributed by atoms with E-state index >= 15 is 0 Å². The summed E-state index contributed by atoms with van der Waals surface area (Å²) in [7, 11) is 0. The second-order valence-corrected chi connectivity index (χ2v) is 1.56. The average Bonchev–Trinajstić information content (AvgIpc) is 1.36. The first kappa shape index (κ1) is 11.0. The first-order chi connectivity index (χ1) is 2.64. The Bertz CT molecular complexity index is 62.7. The summed E-state index contributed by atoms with van der Waals surface area (Å²) in [5.74, 6) is -0.250. The Balaban J connectivity index is 0. The van der Waals surface area contributed by atoms with Crippen LogP contribution in [0.5, 0.6) is 0 Å². The minimum atomic E-state index is -0.241. The van der Waals surface area contributed by atoms with Gasteiger partial charge in [0, 0.05) is 5.92 Å². The van der Waals surface area contributed by atoms with E-state index < -0.39 is 0 Å². The van der Waals surface area contributed by atoms with Crippen LogP contribution in [0.1, 0.15) is 13.8 Å². The van der Waals surface area contributed by atoms with Crippen molar-refractivity contribution in [2.75, 3.05) is 0 Å². The van der Waals surface area contributed by atoms with Crippen molar-refractivity contribution in [3.8, 4) is 0 Å². The van der Waals surface area contributed by atoms with Gasteiger partial charge in [0.15, 0.2) is 0 Å². The fourth-order valence-corrected chi connectivity index (χ4v) is 0. The number of hydrogen-bond acceptors (Lipinski definition) is 1. The van der Waals surface area contributed by atoms with Crippen LogP contribution in [0.3, 0.4) is 0 Å². The molecule has 0 rings (SSSR count). The molecule has 0 aromatic carbocycles. The maximum absolute atomic E-state index is 9.92. The van der Waals surface area contributed by atoms with E-state index in [1.807, 2.05) is 0 Å². The summed E-state index contributed by atoms with van der Waals surface area (Å²) >= 11 is 0. The van der Waals surface area contributed by atoms with Crippen molar-refractivity contribution in [2.45, 2.75) is 13.8 Å². The Morgan fingerprint density at radius 2 is 1.71 bits per heavy atom. The van der Waals surface area contributed by atoms with E-state index in [4.69, 9.17) is 5.73 Å². The zero-order valence-electron chi connectivity index (χ0n) is 4.06. The molecule has 0 aliphatic rings. The first-order valence-electron chi connectivity index (χ1n) is 1.94. The van der Waals surface area contributed by atoms with Crippen LogP contribution in [0.15, 0.2) is 0 Å². The van der Waals surface area contributed by atoms with Gasteiger partial charge in [0.2, 0.25) is 5.91 Å². The zero-order chi connectivity index (χ0) is 5.15. The van der Waals surface area contributed by atoms with Crippen LogP contribution >= 0.6 is 0 Å². The fraction of sp³-hybridized carbons (Fsp3) is 0.750. The van der Waals surface area contributed by atoms with Crippen LogP contribution in [0, 0.1) is 5.92 Å². The Kier molecular flexibility index (Phi) is 8.23. The first-order valence-corrected chi connectivity index (χ1v) is 1.94. The molecule has 0 atom stereocenters. The Morgan fingerprint density at radius 3 is 1.71 bits per heavy atom. The molecule has 0 heterocycles. The molecule has 0 saturated carbocycles. The molecule has 0 aliphatic carbocycles. The Hall–Kier alpha value is 1.11. The molecule has 0 spiro atoms. The van der Waals surface area contributed by atoms with Crippen LogP contribution in [-0.4, -0.2) is 57.3 Å². The van der Waals surface area contributed by atoms with Crippen molar-refractivity contribution in [1.29, 1.82) is 0 Å². The molecule has 2 nitrogen and oxygen atoms in total. The topological polar surface area (TPSA) is 43.1 Å². The van der Waals surface area contributed by atoms with Gasteiger partial charge in [-0.05, 0) is 0 Å². The summed E-state index contributed by atoms with van der Waals surface area (Å²) in [5.41, 5.74) is 4.80. The number of primary amides is 1. The molecule has 7 heavy (non-hydrogen) atoms. The predicted molar refractivity (Wildman–Crippen MR) is 31.2 cm³/mol. The van der Waals surface area contributed by atoms with Crippen molar-refractivity contribution >= 4 is 57.3 Å². The molecule has 0 radical (unpaired) electrons. The normalized spacial score (nSPS) is 7.86. The van der Waals surface area contributed by atoms with Crippen molar-refractivity contribution in [1.82, 2.24) is 0 Å². The molecule has 38 valence electrons. The minimum absolute atomic E-state index is 0. The van der Waals surface area contributed by atoms with E-state index in [9.17, 15) is 4.79 Å². The summed E-state index contributed by atoms with van der Waals surface area (Å²) in [5, 5.41) is 0. The molecule has 0 unspecified atom stereocenters. The van der Waals surface area contributed by atoms with Crippen molar-refractivity contribution in [3.63, 3.8) is 0 Å². The summed E-state index contributed by atoms with van der Waals surface area (Å²) in [4.78, 5) is 9.92. The second-order valence-electron chi connectivity index (χ2n) is 1.56. The Labute approximate surface area is 86.3 Å². The number of carbonyl (C=O) groups is 1. The summed E-state index contributed by atoms with van der Waals surface area (Å²) in [6.07, 6.45) is 0. The fourth-order valence-electron chi connectivity index (χ4n) is 0. The molecule has 2 N–H and O–H groups in total. The van der Waals surface area contributed by atoms with E-state index in [1.165, 1.54) is 0 Å². The van der Waals surface area contributed by atoms with Crippen molar-refractivity contribution in [2.24, 2.45) is 11.7 Å². The Morgan fingerprint density at radius 1 is 1.57 bits per heavy atom. The molecule has 0 fully saturated rings. The number of carbonyl (C=O) groups excluding carboxylic acids is 1. The maximum atomic E-state index is 9.92. The molecule has 0 aromatic heterocycles. The van der Waals surface area contributed by atoms with Crippen LogP contribution < -0.4 is 5.73 Å². The molecular weight excluding hydrogens is 117 g/mol. The standard InChI is InChI=1S/C4H9NO.K.H/c1-3(2)4(5)6;;/h3H,1-2H3,(H2,5,6);;. The van der Waals surface area contributed by atoms with Crippen LogP contribution in [0.4, 0.5) is 0 Å². The van der Waals surface area contributed by atoms with E-state index in [-0.39, 0.29) is 63.2 Å². The van der Waals surface area contributed by atoms with Crippen LogP contribution in [-0.2, 0) is 4.79 Å². The van der Waals surface area contributed by atoms with Gasteiger partial charge in [-0.2, -0.15) is 0 Å². The van der Waals surface area contributed by atoms with Gasteiger partial charge in [0.1, 0.15) is 0 Å². The third-order valence-corrected chi connectivity index (χ3v) is 0.569. The molecule has 0 saturated heterocycles. The van der Waals surface area contributed by atoms with Gasteiger partial charge in [0.25, 0.3) is 0 Å². The van der Waals surface area contributed by atoms with Gasteiger partial charge in [-0.3, -0.25) is 4.79 Å². The van der Waals surface area contributed by atoms with Gasteiger partial charge < -0.3 is 5.73 Å². The molecular formula is C4H10KNO. The summed E-state index contributed by atoms with van der Waals surface area (Å²) in [6, 6.07) is 0. The van der Waals surface area contributed by atoms with Crippen LogP contribution in [0.2, 0.25) is 0 Å². The van der Waals surface area contributed by atoms with Gasteiger partial charge in [-0.25, -0.2) is 0 Å². The summed E-state index contributed by atoms with van der Waals surface area (Å²) in [6.45, 7) is 3.53. The molecule has 1 amide bonds. The number of nitrogens with two attached hydrogens (primary N) is 1. The zero-order valence-corrected chi connectivity index (χ0v) is 4.06. The van der Waals surface area contributed by atoms with Gasteiger partial charge in [0.05, 0.1) is 0 Å². The predicted octanol–water partition coefficient (Wildman–Crippen LogP) is -0.521. The average molecular weight is 127 g/mol. The molecule has 3 heteroatoms. The molecule has 0 aliphatic heterocycles. The van der Waals surface area contributed by atoms with Gasteiger partial charge in [-0.1, -0.05) is 13.8 Å². The number of amides is 1. The van der Waals surface area contributed by atoms with E-state index in [2.05, 4.69) is 0 Å². The van der Waals surface area contributed by atoms with E-state index in [0.717, 1.165) is 0 Å². The monoisotopic (exact) mass is 127 g/mol. The van der Waals surface area contributed by atoms with Gasteiger partial charge >= 0.3 is 51.4 Å². The third kappa shape index (κ3) is 7.11. The quantitative estimate of drug-likeness (QED) is 0.473. The van der Waals surface area contributed by atoms with E-state index in [0.29, 0.717) is 0 Å². The van der Waals surface area contributed by atoms with Crippen LogP contribution in [0.25, 0.3) is 0 Å².